The van der Waals surface area contributed by atoms with Crippen molar-refractivity contribution in [1.29, 1.82) is 0 Å². The summed E-state index contributed by atoms with van der Waals surface area (Å²) in [6.07, 6.45) is -0.604. The first-order valence-corrected chi connectivity index (χ1v) is 4.29. The Hall–Kier alpha value is -1.30. The number of nitrogens with zero attached hydrogens (tertiary/aromatic N) is 1. The van der Waals surface area contributed by atoms with Gasteiger partial charge in [0.1, 0.15) is 0 Å². The molecule has 0 unspecified atom stereocenters. The molecular formula is C8H17N3O3. The predicted octanol–water partition coefficient (Wildman–Crippen LogP) is -0.980. The molecule has 0 heterocycles. The van der Waals surface area contributed by atoms with E-state index in [1.165, 1.54) is 7.11 Å². The van der Waals surface area contributed by atoms with Crippen molar-refractivity contribution in [2.24, 2.45) is 0 Å². The summed E-state index contributed by atoms with van der Waals surface area (Å²) < 4.78 is 4.31. The zero-order chi connectivity index (χ0) is 11.0. The average molecular weight is 203 g/mol. The molecule has 0 aliphatic rings. The third kappa shape index (κ3) is 7.35. The fraction of sp³-hybridized carbons (Fsp3) is 0.750. The molecule has 6 nitrogen and oxygen atoms in total. The van der Waals surface area contributed by atoms with E-state index in [0.29, 0.717) is 6.54 Å². The van der Waals surface area contributed by atoms with Gasteiger partial charge in [0.15, 0.2) is 0 Å². The van der Waals surface area contributed by atoms with Gasteiger partial charge < -0.3 is 20.3 Å². The lowest BCUT2D eigenvalue weighted by atomic mass is 10.5. The van der Waals surface area contributed by atoms with Crippen LogP contribution >= 0.6 is 0 Å². The molecule has 14 heavy (non-hydrogen) atoms. The first kappa shape index (κ1) is 12.7. The van der Waals surface area contributed by atoms with E-state index >= 15 is 0 Å². The van der Waals surface area contributed by atoms with Crippen molar-refractivity contribution in [3.63, 3.8) is 0 Å². The number of hydrogen-bond acceptors (Lipinski definition) is 4. The molecule has 0 aliphatic carbocycles. The number of rotatable bonds is 5. The van der Waals surface area contributed by atoms with Crippen molar-refractivity contribution in [2.75, 3.05) is 40.8 Å². The van der Waals surface area contributed by atoms with Crippen LogP contribution in [0.15, 0.2) is 0 Å². The van der Waals surface area contributed by atoms with E-state index < -0.39 is 6.09 Å². The van der Waals surface area contributed by atoms with Gasteiger partial charge in [-0.3, -0.25) is 4.79 Å². The van der Waals surface area contributed by atoms with Gasteiger partial charge in [-0.15, -0.1) is 0 Å². The monoisotopic (exact) mass is 203 g/mol. The van der Waals surface area contributed by atoms with Gasteiger partial charge in [-0.1, -0.05) is 0 Å². The van der Waals surface area contributed by atoms with Crippen LogP contribution in [0.2, 0.25) is 0 Å². The van der Waals surface area contributed by atoms with Crippen molar-refractivity contribution in [3.8, 4) is 0 Å². The minimum Gasteiger partial charge on any atom is -0.453 e. The van der Waals surface area contributed by atoms with E-state index in [-0.39, 0.29) is 12.5 Å². The number of methoxy groups -OCH3 is 1. The zero-order valence-corrected chi connectivity index (χ0v) is 8.79. The second-order valence-corrected chi connectivity index (χ2v) is 3.00. The Bertz CT molecular complexity index is 194. The third-order valence-corrected chi connectivity index (χ3v) is 1.46. The fourth-order valence-electron chi connectivity index (χ4n) is 0.706. The Morgan fingerprint density at radius 3 is 2.43 bits per heavy atom. The highest BCUT2D eigenvalue weighted by molar-refractivity contribution is 5.81. The first-order chi connectivity index (χ1) is 6.56. The van der Waals surface area contributed by atoms with Crippen LogP contribution in [-0.4, -0.2) is 57.7 Å². The van der Waals surface area contributed by atoms with Gasteiger partial charge in [-0.05, 0) is 14.1 Å². The Balaban J connectivity index is 3.42. The van der Waals surface area contributed by atoms with E-state index in [1.807, 2.05) is 19.0 Å². The molecule has 0 aromatic rings. The molecule has 0 saturated carbocycles. The Labute approximate surface area is 83.6 Å². The van der Waals surface area contributed by atoms with Gasteiger partial charge in [0.25, 0.3) is 0 Å². The summed E-state index contributed by atoms with van der Waals surface area (Å²) in [5, 5.41) is 4.93. The summed E-state index contributed by atoms with van der Waals surface area (Å²) in [6, 6.07) is 0. The van der Waals surface area contributed by atoms with Crippen LogP contribution in [0.5, 0.6) is 0 Å². The van der Waals surface area contributed by atoms with E-state index in [0.717, 1.165) is 6.54 Å². The summed E-state index contributed by atoms with van der Waals surface area (Å²) in [7, 11) is 5.08. The number of alkyl carbamates (subject to hydrolysis) is 1. The number of carbonyl (C=O) groups is 2. The molecule has 0 radical (unpaired) electrons. The van der Waals surface area contributed by atoms with E-state index in [4.69, 9.17) is 0 Å². The first-order valence-electron chi connectivity index (χ1n) is 4.29. The largest absolute Gasteiger partial charge is 0.453 e. The number of amides is 2. The van der Waals surface area contributed by atoms with Gasteiger partial charge >= 0.3 is 6.09 Å². The number of hydrogen-bond donors (Lipinski definition) is 2. The van der Waals surface area contributed by atoms with Crippen LogP contribution in [0.4, 0.5) is 4.79 Å². The van der Waals surface area contributed by atoms with Crippen LogP contribution < -0.4 is 10.6 Å². The number of likely N-dealkylation sites (N-methyl/N-ethyl adjacent to an activating group) is 1. The maximum Gasteiger partial charge on any atom is 0.407 e. The minimum absolute atomic E-state index is 0.0555. The second kappa shape index (κ2) is 7.14. The molecule has 82 valence electrons. The van der Waals surface area contributed by atoms with Crippen molar-refractivity contribution >= 4 is 12.0 Å². The summed E-state index contributed by atoms with van der Waals surface area (Å²) in [5.41, 5.74) is 0. The van der Waals surface area contributed by atoms with Crippen LogP contribution in [-0.2, 0) is 9.53 Å². The Morgan fingerprint density at radius 1 is 1.29 bits per heavy atom. The molecule has 0 fully saturated rings. The van der Waals surface area contributed by atoms with Gasteiger partial charge in [-0.25, -0.2) is 4.79 Å². The normalized spacial score (nSPS) is 9.71. The van der Waals surface area contributed by atoms with Gasteiger partial charge in [0.05, 0.1) is 13.7 Å². The summed E-state index contributed by atoms with van der Waals surface area (Å²) >= 11 is 0. The van der Waals surface area contributed by atoms with Crippen LogP contribution in [0.3, 0.4) is 0 Å². The van der Waals surface area contributed by atoms with Gasteiger partial charge in [0.2, 0.25) is 5.91 Å². The molecule has 0 saturated heterocycles. The second-order valence-electron chi connectivity index (χ2n) is 3.00. The minimum atomic E-state index is -0.604. The third-order valence-electron chi connectivity index (χ3n) is 1.46. The maximum atomic E-state index is 11.0. The Morgan fingerprint density at radius 2 is 1.93 bits per heavy atom. The molecule has 2 N–H and O–H groups in total. The molecule has 0 aromatic heterocycles. The lowest BCUT2D eigenvalue weighted by Crippen LogP contribution is -2.39. The highest BCUT2D eigenvalue weighted by atomic mass is 16.5. The van der Waals surface area contributed by atoms with Crippen LogP contribution in [0, 0.1) is 0 Å². The molecule has 6 heteroatoms. The van der Waals surface area contributed by atoms with E-state index in [9.17, 15) is 9.59 Å². The standard InChI is InChI=1S/C8H17N3O3/c1-11(2)5-4-9-7(12)6-10-8(13)14-3/h4-6H2,1-3H3,(H,9,12)(H,10,13). The lowest BCUT2D eigenvalue weighted by Gasteiger charge is -2.10. The molecule has 0 spiro atoms. The maximum absolute atomic E-state index is 11.0. The van der Waals surface area contributed by atoms with E-state index in [1.54, 1.807) is 0 Å². The van der Waals surface area contributed by atoms with Crippen molar-refractivity contribution < 1.29 is 14.3 Å². The van der Waals surface area contributed by atoms with Crippen LogP contribution in [0.1, 0.15) is 0 Å². The molecule has 0 bridgehead atoms. The number of ether oxygens (including phenoxy) is 1. The van der Waals surface area contributed by atoms with Crippen LogP contribution in [0.25, 0.3) is 0 Å². The van der Waals surface area contributed by atoms with E-state index in [2.05, 4.69) is 15.4 Å². The summed E-state index contributed by atoms with van der Waals surface area (Å²) in [4.78, 5) is 23.6. The molecule has 2 amide bonds. The number of carbonyl (C=O) groups excluding carboxylic acids is 2. The molecule has 0 aromatic carbocycles. The topological polar surface area (TPSA) is 70.7 Å². The molecule has 0 atom stereocenters. The molecule has 0 rings (SSSR count). The summed E-state index contributed by atoms with van der Waals surface area (Å²) in [6.45, 7) is 1.28. The predicted molar refractivity (Wildman–Crippen MR) is 52.0 cm³/mol. The average Bonchev–Trinajstić information content (AvgIpc) is 2.13. The van der Waals surface area contributed by atoms with Crippen molar-refractivity contribution in [3.05, 3.63) is 0 Å². The summed E-state index contributed by atoms with van der Waals surface area (Å²) in [5.74, 6) is -0.225. The zero-order valence-electron chi connectivity index (χ0n) is 8.79. The van der Waals surface area contributed by atoms with Gasteiger partial charge in [0, 0.05) is 13.1 Å². The highest BCUT2D eigenvalue weighted by Gasteiger charge is 2.03. The SMILES string of the molecule is COC(=O)NCC(=O)NCCN(C)C. The Kier molecular flexibility index (Phi) is 6.47. The molecular weight excluding hydrogens is 186 g/mol. The van der Waals surface area contributed by atoms with Gasteiger partial charge in [-0.2, -0.15) is 0 Å². The quantitative estimate of drug-likeness (QED) is 0.602. The molecule has 0 aliphatic heterocycles. The smallest absolute Gasteiger partial charge is 0.407 e. The fourth-order valence-corrected chi connectivity index (χ4v) is 0.706. The van der Waals surface area contributed by atoms with Crippen molar-refractivity contribution in [1.82, 2.24) is 15.5 Å². The highest BCUT2D eigenvalue weighted by Crippen LogP contribution is 1.73. The lowest BCUT2D eigenvalue weighted by molar-refractivity contribution is -0.120. The van der Waals surface area contributed by atoms with Crippen molar-refractivity contribution in [2.45, 2.75) is 0 Å². The number of nitrogens with one attached hydrogen (secondary N) is 2.